The van der Waals surface area contributed by atoms with E-state index in [2.05, 4.69) is 4.90 Å². The zero-order valence-electron chi connectivity index (χ0n) is 17.8. The number of hydrogen-bond acceptors (Lipinski definition) is 7. The molecule has 0 aromatic heterocycles. The highest BCUT2D eigenvalue weighted by molar-refractivity contribution is 6.07. The molecule has 0 aliphatic carbocycles. The Balaban J connectivity index is 1.51. The molecule has 0 spiro atoms. The SMILES string of the molecule is COc1ccc(C(=O)[C@H]2[C@@H]3[C@H](C(=O)[C@H]4OC[C@@H]3O4)[C@H]3C=Cc4ccccc4N32)c(OC)c1. The summed E-state index contributed by atoms with van der Waals surface area (Å²) in [6.07, 6.45) is 2.94. The standard InChI is InChI=1S/C25H23NO6/c1-29-14-8-9-15(18(11-14)30-2)23(27)22-21-19-12-31-25(32-19)24(28)20(21)17-10-7-13-5-3-4-6-16(13)26(17)22/h3-11,17,19-22,25H,12H2,1-2H3/t17-,19+,20-,21+,22-,25+/m1/s1. The van der Waals surface area contributed by atoms with Crippen LogP contribution in [0.1, 0.15) is 15.9 Å². The molecule has 7 nitrogen and oxygen atoms in total. The van der Waals surface area contributed by atoms with Gasteiger partial charge < -0.3 is 23.8 Å². The number of fused-ring (bicyclic) bond motifs is 8. The van der Waals surface area contributed by atoms with Crippen LogP contribution in [-0.4, -0.2) is 56.9 Å². The van der Waals surface area contributed by atoms with Crippen LogP contribution < -0.4 is 14.4 Å². The second-order valence-corrected chi connectivity index (χ2v) is 8.54. The average Bonchev–Trinajstić information content (AvgIpc) is 3.43. The van der Waals surface area contributed by atoms with Crippen LogP contribution in [0.2, 0.25) is 0 Å². The summed E-state index contributed by atoms with van der Waals surface area (Å²) in [7, 11) is 3.11. The van der Waals surface area contributed by atoms with Crippen molar-refractivity contribution in [2.45, 2.75) is 24.5 Å². The predicted molar refractivity (Wildman–Crippen MR) is 116 cm³/mol. The van der Waals surface area contributed by atoms with Crippen LogP contribution in [0.25, 0.3) is 6.08 Å². The van der Waals surface area contributed by atoms with Crippen LogP contribution in [0.3, 0.4) is 0 Å². The van der Waals surface area contributed by atoms with Crippen LogP contribution in [0.5, 0.6) is 11.5 Å². The largest absolute Gasteiger partial charge is 0.497 e. The molecule has 3 saturated heterocycles. The number of carbonyl (C=O) groups is 2. The van der Waals surface area contributed by atoms with Crippen molar-refractivity contribution in [2.75, 3.05) is 25.7 Å². The summed E-state index contributed by atoms with van der Waals surface area (Å²) in [6.45, 7) is 0.313. The van der Waals surface area contributed by atoms with Crippen LogP contribution in [-0.2, 0) is 14.3 Å². The number of carbonyl (C=O) groups excluding carboxylic acids is 2. The average molecular weight is 433 g/mol. The third kappa shape index (κ3) is 2.61. The van der Waals surface area contributed by atoms with E-state index in [1.807, 2.05) is 36.4 Å². The van der Waals surface area contributed by atoms with Gasteiger partial charge in [0.2, 0.25) is 6.29 Å². The lowest BCUT2D eigenvalue weighted by Gasteiger charge is -2.35. The van der Waals surface area contributed by atoms with Gasteiger partial charge in [-0.1, -0.05) is 30.4 Å². The minimum absolute atomic E-state index is 0.0835. The zero-order valence-corrected chi connectivity index (χ0v) is 17.8. The highest BCUT2D eigenvalue weighted by Gasteiger charge is 2.63. The van der Waals surface area contributed by atoms with Crippen LogP contribution in [0.4, 0.5) is 5.69 Å². The highest BCUT2D eigenvalue weighted by atomic mass is 16.7. The Morgan fingerprint density at radius 3 is 2.78 bits per heavy atom. The Bertz CT molecular complexity index is 1140. The Morgan fingerprint density at radius 2 is 1.97 bits per heavy atom. The van der Waals surface area contributed by atoms with Crippen molar-refractivity contribution < 1.29 is 28.5 Å². The second-order valence-electron chi connectivity index (χ2n) is 8.54. The van der Waals surface area contributed by atoms with Gasteiger partial charge in [0.1, 0.15) is 11.5 Å². The lowest BCUT2D eigenvalue weighted by molar-refractivity contribution is -0.163. The third-order valence-electron chi connectivity index (χ3n) is 7.10. The maximum absolute atomic E-state index is 14.1. The first kappa shape index (κ1) is 19.5. The number of benzene rings is 2. The van der Waals surface area contributed by atoms with Crippen molar-refractivity contribution in [1.29, 1.82) is 0 Å². The molecule has 0 amide bonds. The molecule has 6 rings (SSSR count). The van der Waals surface area contributed by atoms with Gasteiger partial charge in [-0.2, -0.15) is 0 Å². The monoisotopic (exact) mass is 433 g/mol. The van der Waals surface area contributed by atoms with Crippen molar-refractivity contribution in [2.24, 2.45) is 11.8 Å². The molecule has 4 aliphatic rings. The van der Waals surface area contributed by atoms with Gasteiger partial charge in [0, 0.05) is 17.7 Å². The van der Waals surface area contributed by atoms with E-state index in [1.54, 1.807) is 25.3 Å². The van der Waals surface area contributed by atoms with E-state index >= 15 is 0 Å². The number of Topliss-reactive ketones (excluding diaryl/α,β-unsaturated/α-hetero) is 2. The summed E-state index contributed by atoms with van der Waals surface area (Å²) in [5.41, 5.74) is 2.43. The molecule has 2 bridgehead atoms. The van der Waals surface area contributed by atoms with Crippen LogP contribution in [0, 0.1) is 11.8 Å². The molecule has 6 atom stereocenters. The molecule has 32 heavy (non-hydrogen) atoms. The molecular formula is C25H23NO6. The molecule has 7 heteroatoms. The topological polar surface area (TPSA) is 74.3 Å². The number of methoxy groups -OCH3 is 2. The maximum Gasteiger partial charge on any atom is 0.218 e. The number of para-hydroxylation sites is 1. The van der Waals surface area contributed by atoms with Gasteiger partial charge in [0.05, 0.1) is 50.5 Å². The first-order valence-electron chi connectivity index (χ1n) is 10.7. The van der Waals surface area contributed by atoms with Crippen molar-refractivity contribution >= 4 is 23.3 Å². The quantitative estimate of drug-likeness (QED) is 0.687. The predicted octanol–water partition coefficient (Wildman–Crippen LogP) is 2.73. The van der Waals surface area contributed by atoms with Gasteiger partial charge in [0.25, 0.3) is 0 Å². The lowest BCUT2D eigenvalue weighted by Crippen LogP contribution is -2.48. The molecule has 2 aromatic carbocycles. The molecule has 3 fully saturated rings. The Labute approximate surface area is 185 Å². The van der Waals surface area contributed by atoms with E-state index in [0.29, 0.717) is 23.7 Å². The number of rotatable bonds is 4. The molecule has 164 valence electrons. The molecule has 4 heterocycles. The maximum atomic E-state index is 14.1. The van der Waals surface area contributed by atoms with Gasteiger partial charge in [-0.3, -0.25) is 9.59 Å². The summed E-state index contributed by atoms with van der Waals surface area (Å²) in [5, 5.41) is 0. The summed E-state index contributed by atoms with van der Waals surface area (Å²) in [5.74, 6) is 0.174. The normalized spacial score (nSPS) is 31.7. The molecule has 0 saturated carbocycles. The van der Waals surface area contributed by atoms with E-state index in [1.165, 1.54) is 7.11 Å². The van der Waals surface area contributed by atoms with Gasteiger partial charge in [-0.05, 0) is 23.8 Å². The minimum Gasteiger partial charge on any atom is -0.497 e. The Hall–Kier alpha value is -3.16. The summed E-state index contributed by atoms with van der Waals surface area (Å²) < 4.78 is 22.4. The first-order valence-corrected chi connectivity index (χ1v) is 10.7. The van der Waals surface area contributed by atoms with Crippen molar-refractivity contribution in [3.05, 3.63) is 59.7 Å². The number of nitrogens with zero attached hydrogens (tertiary/aromatic N) is 1. The second kappa shape index (κ2) is 7.18. The Morgan fingerprint density at radius 1 is 1.12 bits per heavy atom. The smallest absolute Gasteiger partial charge is 0.218 e. The first-order chi connectivity index (χ1) is 15.6. The highest BCUT2D eigenvalue weighted by Crippen LogP contribution is 2.51. The Kier molecular flexibility index (Phi) is 4.38. The van der Waals surface area contributed by atoms with Crippen molar-refractivity contribution in [3.63, 3.8) is 0 Å². The van der Waals surface area contributed by atoms with Crippen LogP contribution in [0.15, 0.2) is 48.5 Å². The number of anilines is 1. The number of hydrogen-bond donors (Lipinski definition) is 0. The number of ketones is 2. The lowest BCUT2D eigenvalue weighted by atomic mass is 9.77. The summed E-state index contributed by atoms with van der Waals surface area (Å²) in [4.78, 5) is 29.5. The van der Waals surface area contributed by atoms with Crippen LogP contribution >= 0.6 is 0 Å². The molecule has 2 aromatic rings. The van der Waals surface area contributed by atoms with E-state index < -0.39 is 12.3 Å². The third-order valence-corrected chi connectivity index (χ3v) is 7.10. The van der Waals surface area contributed by atoms with Crippen molar-refractivity contribution in [1.82, 2.24) is 0 Å². The molecule has 0 radical (unpaired) electrons. The fourth-order valence-corrected chi connectivity index (χ4v) is 5.74. The van der Waals surface area contributed by atoms with E-state index in [0.717, 1.165) is 11.3 Å². The fourth-order valence-electron chi connectivity index (χ4n) is 5.74. The van der Waals surface area contributed by atoms with Crippen molar-refractivity contribution in [3.8, 4) is 11.5 Å². The molecule has 0 unspecified atom stereocenters. The van der Waals surface area contributed by atoms with Gasteiger partial charge >= 0.3 is 0 Å². The van der Waals surface area contributed by atoms with E-state index in [9.17, 15) is 9.59 Å². The summed E-state index contributed by atoms with van der Waals surface area (Å²) in [6, 6.07) is 12.3. The number of ether oxygens (including phenoxy) is 4. The summed E-state index contributed by atoms with van der Waals surface area (Å²) >= 11 is 0. The molecular weight excluding hydrogens is 410 g/mol. The van der Waals surface area contributed by atoms with Gasteiger partial charge in [0.15, 0.2) is 11.6 Å². The van der Waals surface area contributed by atoms with Gasteiger partial charge in [-0.25, -0.2) is 0 Å². The fraction of sp³-hybridized carbons (Fsp3) is 0.360. The minimum atomic E-state index is -0.835. The van der Waals surface area contributed by atoms with E-state index in [4.69, 9.17) is 18.9 Å². The van der Waals surface area contributed by atoms with E-state index in [-0.39, 0.29) is 35.5 Å². The van der Waals surface area contributed by atoms with Gasteiger partial charge in [-0.15, -0.1) is 0 Å². The molecule has 0 N–H and O–H groups in total. The zero-order chi connectivity index (χ0) is 22.0. The molecule has 4 aliphatic heterocycles.